The van der Waals surface area contributed by atoms with Gasteiger partial charge in [-0.05, 0) is 41.5 Å². The van der Waals surface area contributed by atoms with E-state index in [1.54, 1.807) is 12.1 Å². The molecule has 0 atom stereocenters. The van der Waals surface area contributed by atoms with E-state index in [0.29, 0.717) is 10.0 Å². The highest BCUT2D eigenvalue weighted by Crippen LogP contribution is 2.28. The number of nitrogens with zero attached hydrogens (tertiary/aromatic N) is 2. The monoisotopic (exact) mass is 411 g/mol. The van der Waals surface area contributed by atoms with Crippen LogP contribution < -0.4 is 5.43 Å². The van der Waals surface area contributed by atoms with E-state index in [1.165, 1.54) is 22.1 Å². The van der Waals surface area contributed by atoms with E-state index in [9.17, 15) is 0 Å². The highest BCUT2D eigenvalue weighted by atomic mass is 35.5. The predicted octanol–water partition coefficient (Wildman–Crippen LogP) is 7.11. The third-order valence-corrected chi connectivity index (χ3v) is 5.69. The molecule has 0 aliphatic rings. The molecule has 4 rings (SSSR count). The summed E-state index contributed by atoms with van der Waals surface area (Å²) in [5.41, 5.74) is 6.74. The van der Waals surface area contributed by atoms with Gasteiger partial charge in [0.2, 0.25) is 5.13 Å². The predicted molar refractivity (Wildman–Crippen MR) is 117 cm³/mol. The average Bonchev–Trinajstić information content (AvgIpc) is 3.17. The molecule has 0 saturated heterocycles. The van der Waals surface area contributed by atoms with E-state index in [4.69, 9.17) is 23.2 Å². The molecule has 0 saturated carbocycles. The lowest BCUT2D eigenvalue weighted by Crippen LogP contribution is -1.99. The molecule has 1 N–H and O–H groups in total. The molecule has 0 unspecified atom stereocenters. The first-order valence-electron chi connectivity index (χ1n) is 8.30. The lowest BCUT2D eigenvalue weighted by atomic mass is 10.1. The number of thiazole rings is 1. The van der Waals surface area contributed by atoms with Crippen LogP contribution in [0.4, 0.5) is 5.13 Å². The summed E-state index contributed by atoms with van der Waals surface area (Å²) in [6.45, 7) is 1.91. The Morgan fingerprint density at radius 1 is 0.963 bits per heavy atom. The molecule has 6 heteroatoms. The molecule has 3 aromatic carbocycles. The van der Waals surface area contributed by atoms with Crippen molar-refractivity contribution in [2.75, 3.05) is 5.43 Å². The van der Waals surface area contributed by atoms with Crippen LogP contribution >= 0.6 is 34.5 Å². The number of fused-ring (bicyclic) bond motifs is 1. The van der Waals surface area contributed by atoms with Crippen LogP contribution in [-0.2, 0) is 0 Å². The van der Waals surface area contributed by atoms with Crippen LogP contribution in [0.5, 0.6) is 0 Å². The van der Waals surface area contributed by atoms with E-state index in [0.717, 1.165) is 27.7 Å². The van der Waals surface area contributed by atoms with Gasteiger partial charge in [0.05, 0.1) is 21.5 Å². The Bertz CT molecular complexity index is 1150. The van der Waals surface area contributed by atoms with Crippen LogP contribution in [0.3, 0.4) is 0 Å². The fourth-order valence-electron chi connectivity index (χ4n) is 2.72. The summed E-state index contributed by atoms with van der Waals surface area (Å²) < 4.78 is 0. The van der Waals surface area contributed by atoms with Crippen LogP contribution in [0, 0.1) is 0 Å². The highest BCUT2D eigenvalue weighted by molar-refractivity contribution is 7.14. The number of anilines is 1. The SMILES string of the molecule is C/C(=N\Nc1nc(-c2ccc3ccccc3c2)cs1)c1ccc(Cl)c(Cl)c1. The van der Waals surface area contributed by atoms with Crippen molar-refractivity contribution in [3.05, 3.63) is 81.7 Å². The van der Waals surface area contributed by atoms with Gasteiger partial charge >= 0.3 is 0 Å². The molecule has 4 aromatic rings. The molecule has 0 amide bonds. The summed E-state index contributed by atoms with van der Waals surface area (Å²) in [7, 11) is 0. The van der Waals surface area contributed by atoms with Gasteiger partial charge in [-0.25, -0.2) is 4.98 Å². The van der Waals surface area contributed by atoms with Crippen molar-refractivity contribution < 1.29 is 0 Å². The molecule has 1 heterocycles. The second-order valence-electron chi connectivity index (χ2n) is 6.04. The molecule has 0 bridgehead atoms. The van der Waals surface area contributed by atoms with E-state index in [-0.39, 0.29) is 0 Å². The van der Waals surface area contributed by atoms with Crippen molar-refractivity contribution in [2.24, 2.45) is 5.10 Å². The van der Waals surface area contributed by atoms with E-state index >= 15 is 0 Å². The zero-order chi connectivity index (χ0) is 18.8. The van der Waals surface area contributed by atoms with E-state index < -0.39 is 0 Å². The van der Waals surface area contributed by atoms with Gasteiger partial charge < -0.3 is 0 Å². The van der Waals surface area contributed by atoms with Crippen molar-refractivity contribution in [1.82, 2.24) is 4.98 Å². The van der Waals surface area contributed by atoms with Gasteiger partial charge in [0.1, 0.15) is 0 Å². The number of hydrogen-bond donors (Lipinski definition) is 1. The molecule has 0 fully saturated rings. The van der Waals surface area contributed by atoms with E-state index in [2.05, 4.69) is 45.8 Å². The second-order valence-corrected chi connectivity index (χ2v) is 7.71. The number of nitrogens with one attached hydrogen (secondary N) is 1. The zero-order valence-corrected chi connectivity index (χ0v) is 16.7. The number of aromatic nitrogens is 1. The number of hydrogen-bond acceptors (Lipinski definition) is 4. The first-order valence-corrected chi connectivity index (χ1v) is 9.94. The fraction of sp³-hybridized carbons (Fsp3) is 0.0476. The Hall–Kier alpha value is -2.40. The van der Waals surface area contributed by atoms with Gasteiger partial charge in [-0.2, -0.15) is 5.10 Å². The lowest BCUT2D eigenvalue weighted by molar-refractivity contribution is 1.27. The van der Waals surface area contributed by atoms with Gasteiger partial charge in [0.25, 0.3) is 0 Å². The van der Waals surface area contributed by atoms with Crippen molar-refractivity contribution in [1.29, 1.82) is 0 Å². The highest BCUT2D eigenvalue weighted by Gasteiger charge is 2.06. The van der Waals surface area contributed by atoms with Crippen LogP contribution in [0.15, 0.2) is 71.1 Å². The zero-order valence-electron chi connectivity index (χ0n) is 14.4. The van der Waals surface area contributed by atoms with Gasteiger partial charge in [-0.15, -0.1) is 11.3 Å². The summed E-state index contributed by atoms with van der Waals surface area (Å²) >= 11 is 13.5. The fourth-order valence-corrected chi connectivity index (χ4v) is 3.68. The normalized spacial score (nSPS) is 11.7. The van der Waals surface area contributed by atoms with Crippen LogP contribution in [0.1, 0.15) is 12.5 Å². The van der Waals surface area contributed by atoms with Crippen LogP contribution in [0.25, 0.3) is 22.0 Å². The van der Waals surface area contributed by atoms with Crippen LogP contribution in [0.2, 0.25) is 10.0 Å². The average molecular weight is 412 g/mol. The summed E-state index contributed by atoms with van der Waals surface area (Å²) in [6.07, 6.45) is 0. The van der Waals surface area contributed by atoms with Crippen molar-refractivity contribution >= 4 is 56.2 Å². The Labute approximate surface area is 171 Å². The molecular formula is C21H15Cl2N3S. The topological polar surface area (TPSA) is 37.3 Å². The maximum absolute atomic E-state index is 6.07. The summed E-state index contributed by atoms with van der Waals surface area (Å²) in [4.78, 5) is 4.64. The summed E-state index contributed by atoms with van der Waals surface area (Å²) in [5.74, 6) is 0. The van der Waals surface area contributed by atoms with Crippen LogP contribution in [-0.4, -0.2) is 10.7 Å². The molecule has 27 heavy (non-hydrogen) atoms. The van der Waals surface area contributed by atoms with Crippen molar-refractivity contribution in [3.8, 4) is 11.3 Å². The molecule has 0 aliphatic carbocycles. The lowest BCUT2D eigenvalue weighted by Gasteiger charge is -2.03. The third kappa shape index (κ3) is 3.98. The molecular weight excluding hydrogens is 397 g/mol. The Morgan fingerprint density at radius 3 is 2.59 bits per heavy atom. The van der Waals surface area contributed by atoms with Gasteiger partial charge in [-0.3, -0.25) is 5.43 Å². The molecule has 3 nitrogen and oxygen atoms in total. The second kappa shape index (κ2) is 7.69. The van der Waals surface area contributed by atoms with E-state index in [1.807, 2.05) is 30.5 Å². The first kappa shape index (κ1) is 18.0. The number of halogens is 2. The maximum atomic E-state index is 6.07. The Kier molecular flexibility index (Phi) is 5.12. The maximum Gasteiger partial charge on any atom is 0.203 e. The van der Waals surface area contributed by atoms with Crippen molar-refractivity contribution in [2.45, 2.75) is 6.92 Å². The number of rotatable bonds is 4. The Balaban J connectivity index is 1.54. The molecule has 0 spiro atoms. The smallest absolute Gasteiger partial charge is 0.203 e. The molecule has 0 radical (unpaired) electrons. The largest absolute Gasteiger partial charge is 0.252 e. The molecule has 0 aliphatic heterocycles. The number of benzene rings is 3. The van der Waals surface area contributed by atoms with Gasteiger partial charge in [0.15, 0.2) is 0 Å². The number of hydrazone groups is 1. The summed E-state index contributed by atoms with van der Waals surface area (Å²) in [5, 5.41) is 10.6. The third-order valence-electron chi connectivity index (χ3n) is 4.21. The summed E-state index contributed by atoms with van der Waals surface area (Å²) in [6, 6.07) is 20.1. The standard InChI is InChI=1S/C21H15Cl2N3S/c1-13(15-8-9-18(22)19(23)11-15)25-26-21-24-20(12-27-21)17-7-6-14-4-2-3-5-16(14)10-17/h2-12H,1H3,(H,24,26)/b25-13+. The van der Waals surface area contributed by atoms with Gasteiger partial charge in [-0.1, -0.05) is 65.7 Å². The quantitative estimate of drug-likeness (QED) is 0.287. The minimum absolute atomic E-state index is 0.511. The molecule has 134 valence electrons. The molecule has 1 aromatic heterocycles. The minimum atomic E-state index is 0.511. The van der Waals surface area contributed by atoms with Gasteiger partial charge in [0, 0.05) is 10.9 Å². The first-order chi connectivity index (χ1) is 13.1. The Morgan fingerprint density at radius 2 is 1.78 bits per heavy atom. The van der Waals surface area contributed by atoms with Crippen molar-refractivity contribution in [3.63, 3.8) is 0 Å². The minimum Gasteiger partial charge on any atom is -0.252 e.